The van der Waals surface area contributed by atoms with E-state index < -0.39 is 0 Å². The fourth-order valence-corrected chi connectivity index (χ4v) is 1.09. The molecular formula is C10H7N3O. The maximum absolute atomic E-state index is 8.80. The molecule has 1 aromatic rings. The zero-order valence-electron chi connectivity index (χ0n) is 7.40. The van der Waals surface area contributed by atoms with Gasteiger partial charge in [0.2, 0.25) is 0 Å². The topological polar surface area (TPSA) is 69.7 Å². The van der Waals surface area contributed by atoms with E-state index in [1.807, 2.05) is 12.1 Å². The Morgan fingerprint density at radius 1 is 1.36 bits per heavy atom. The van der Waals surface area contributed by atoms with Crippen molar-refractivity contribution in [1.82, 2.24) is 4.98 Å². The summed E-state index contributed by atoms with van der Waals surface area (Å²) >= 11 is 0. The molecule has 1 heterocycles. The van der Waals surface area contributed by atoms with E-state index in [1.54, 1.807) is 6.07 Å². The summed E-state index contributed by atoms with van der Waals surface area (Å²) in [4.78, 5) is 3.85. The van der Waals surface area contributed by atoms with Crippen LogP contribution in [0.3, 0.4) is 0 Å². The van der Waals surface area contributed by atoms with Gasteiger partial charge in [0.1, 0.15) is 12.1 Å². The monoisotopic (exact) mass is 185 g/mol. The number of ether oxygens (including phenoxy) is 1. The summed E-state index contributed by atoms with van der Waals surface area (Å²) in [6, 6.07) is 5.46. The molecule has 0 bridgehead atoms. The summed E-state index contributed by atoms with van der Waals surface area (Å²) in [5, 5.41) is 17.6. The van der Waals surface area contributed by atoms with Gasteiger partial charge in [0.05, 0.1) is 11.7 Å². The predicted octanol–water partition coefficient (Wildman–Crippen LogP) is 1.37. The first kappa shape index (κ1) is 8.52. The molecule has 4 heteroatoms. The van der Waals surface area contributed by atoms with Gasteiger partial charge < -0.3 is 4.74 Å². The van der Waals surface area contributed by atoms with Crippen LogP contribution in [0, 0.1) is 22.7 Å². The van der Waals surface area contributed by atoms with Crippen LogP contribution < -0.4 is 4.74 Å². The van der Waals surface area contributed by atoms with Crippen LogP contribution in [0.2, 0.25) is 0 Å². The Balaban J connectivity index is 2.41. The average Bonchev–Trinajstić information content (AvgIpc) is 3.02. The molecule has 0 radical (unpaired) electrons. The smallest absolute Gasteiger partial charge is 0.184 e. The Hall–Kier alpha value is -2.07. The van der Waals surface area contributed by atoms with Gasteiger partial charge in [-0.05, 0) is 18.9 Å². The highest BCUT2D eigenvalue weighted by atomic mass is 16.5. The Labute approximate surface area is 81.4 Å². The van der Waals surface area contributed by atoms with E-state index in [0.717, 1.165) is 12.8 Å². The molecule has 1 saturated carbocycles. The molecule has 1 aliphatic carbocycles. The van der Waals surface area contributed by atoms with Gasteiger partial charge in [-0.25, -0.2) is 4.98 Å². The molecule has 0 N–H and O–H groups in total. The van der Waals surface area contributed by atoms with E-state index >= 15 is 0 Å². The summed E-state index contributed by atoms with van der Waals surface area (Å²) in [6.45, 7) is 0. The summed E-state index contributed by atoms with van der Waals surface area (Å²) in [6.07, 6.45) is 3.59. The van der Waals surface area contributed by atoms with Crippen molar-refractivity contribution in [3.8, 4) is 17.9 Å². The van der Waals surface area contributed by atoms with Crippen LogP contribution in [0.4, 0.5) is 0 Å². The first-order valence-electron chi connectivity index (χ1n) is 4.31. The third-order valence-corrected chi connectivity index (χ3v) is 1.94. The highest BCUT2D eigenvalue weighted by Crippen LogP contribution is 2.30. The highest BCUT2D eigenvalue weighted by Gasteiger charge is 2.26. The van der Waals surface area contributed by atoms with Gasteiger partial charge in [-0.1, -0.05) is 0 Å². The molecule has 0 atom stereocenters. The number of nitriles is 2. The normalized spacial score (nSPS) is 14.1. The molecule has 14 heavy (non-hydrogen) atoms. The van der Waals surface area contributed by atoms with Crippen molar-refractivity contribution in [3.05, 3.63) is 23.5 Å². The molecule has 0 amide bonds. The van der Waals surface area contributed by atoms with Gasteiger partial charge in [0, 0.05) is 6.20 Å². The van der Waals surface area contributed by atoms with Gasteiger partial charge in [0.15, 0.2) is 11.4 Å². The fraction of sp³-hybridized carbons (Fsp3) is 0.300. The summed E-state index contributed by atoms with van der Waals surface area (Å²) in [5.41, 5.74) is 0.569. The lowest BCUT2D eigenvalue weighted by molar-refractivity contribution is 0.300. The second kappa shape index (κ2) is 3.35. The predicted molar refractivity (Wildman–Crippen MR) is 47.3 cm³/mol. The van der Waals surface area contributed by atoms with Crippen molar-refractivity contribution < 1.29 is 4.74 Å². The summed E-state index contributed by atoms with van der Waals surface area (Å²) in [5.74, 6) is 0.333. The first-order chi connectivity index (χ1) is 6.85. The molecular weight excluding hydrogens is 178 g/mol. The average molecular weight is 185 g/mol. The summed E-state index contributed by atoms with van der Waals surface area (Å²) in [7, 11) is 0. The van der Waals surface area contributed by atoms with E-state index in [9.17, 15) is 0 Å². The lowest BCUT2D eigenvalue weighted by Crippen LogP contribution is -2.01. The van der Waals surface area contributed by atoms with Crippen LogP contribution >= 0.6 is 0 Å². The molecule has 2 rings (SSSR count). The van der Waals surface area contributed by atoms with Crippen molar-refractivity contribution in [3.63, 3.8) is 0 Å². The quantitative estimate of drug-likeness (QED) is 0.697. The minimum Gasteiger partial charge on any atom is -0.486 e. The second-order valence-corrected chi connectivity index (χ2v) is 3.08. The Kier molecular flexibility index (Phi) is 2.04. The molecule has 0 saturated heterocycles. The van der Waals surface area contributed by atoms with E-state index in [2.05, 4.69) is 4.98 Å². The Bertz CT molecular complexity index is 405. The zero-order valence-corrected chi connectivity index (χ0v) is 7.40. The van der Waals surface area contributed by atoms with Gasteiger partial charge in [0.25, 0.3) is 0 Å². The van der Waals surface area contributed by atoms with Crippen molar-refractivity contribution in [1.29, 1.82) is 10.5 Å². The molecule has 0 unspecified atom stereocenters. The van der Waals surface area contributed by atoms with Gasteiger partial charge in [-0.15, -0.1) is 0 Å². The fourth-order valence-electron chi connectivity index (χ4n) is 1.09. The second-order valence-electron chi connectivity index (χ2n) is 3.08. The largest absolute Gasteiger partial charge is 0.486 e. The van der Waals surface area contributed by atoms with Crippen LogP contribution in [0.15, 0.2) is 12.3 Å². The van der Waals surface area contributed by atoms with Crippen LogP contribution in [0.1, 0.15) is 24.1 Å². The van der Waals surface area contributed by atoms with Crippen LogP contribution in [-0.4, -0.2) is 11.1 Å². The minimum atomic E-state index is 0.165. The number of aromatic nitrogens is 1. The maximum atomic E-state index is 8.80. The van der Waals surface area contributed by atoms with E-state index in [1.165, 1.54) is 6.20 Å². The number of rotatable bonds is 2. The van der Waals surface area contributed by atoms with E-state index in [-0.39, 0.29) is 11.8 Å². The molecule has 68 valence electrons. The minimum absolute atomic E-state index is 0.165. The third kappa shape index (κ3) is 1.51. The van der Waals surface area contributed by atoms with Crippen molar-refractivity contribution >= 4 is 0 Å². The molecule has 1 aromatic heterocycles. The lowest BCUT2D eigenvalue weighted by Gasteiger charge is -2.06. The number of hydrogen-bond acceptors (Lipinski definition) is 4. The molecule has 0 spiro atoms. The van der Waals surface area contributed by atoms with Crippen LogP contribution in [-0.2, 0) is 0 Å². The molecule has 0 aliphatic heterocycles. The van der Waals surface area contributed by atoms with Gasteiger partial charge in [-0.3, -0.25) is 0 Å². The zero-order chi connectivity index (χ0) is 9.97. The van der Waals surface area contributed by atoms with Crippen molar-refractivity contribution in [2.45, 2.75) is 18.9 Å². The van der Waals surface area contributed by atoms with Crippen molar-refractivity contribution in [2.75, 3.05) is 0 Å². The van der Waals surface area contributed by atoms with Crippen LogP contribution in [0.5, 0.6) is 5.75 Å². The Morgan fingerprint density at radius 3 is 2.71 bits per heavy atom. The molecule has 1 aliphatic rings. The first-order valence-corrected chi connectivity index (χ1v) is 4.31. The molecule has 0 aromatic carbocycles. The van der Waals surface area contributed by atoms with Crippen molar-refractivity contribution in [2.24, 2.45) is 0 Å². The number of hydrogen-bond donors (Lipinski definition) is 0. The summed E-state index contributed by atoms with van der Waals surface area (Å²) < 4.78 is 5.46. The molecule has 1 fully saturated rings. The van der Waals surface area contributed by atoms with Gasteiger partial charge >= 0.3 is 0 Å². The van der Waals surface area contributed by atoms with Crippen LogP contribution in [0.25, 0.3) is 0 Å². The SMILES string of the molecule is N#Cc1ccnc(C#N)c1OC1CC1. The maximum Gasteiger partial charge on any atom is 0.184 e. The number of nitrogens with zero attached hydrogens (tertiary/aromatic N) is 3. The van der Waals surface area contributed by atoms with E-state index in [4.69, 9.17) is 15.3 Å². The van der Waals surface area contributed by atoms with Gasteiger partial charge in [-0.2, -0.15) is 10.5 Å². The molecule has 4 nitrogen and oxygen atoms in total. The highest BCUT2D eigenvalue weighted by molar-refractivity contribution is 5.49. The Morgan fingerprint density at radius 2 is 2.14 bits per heavy atom. The third-order valence-electron chi connectivity index (χ3n) is 1.94. The number of pyridine rings is 1. The standard InChI is InChI=1S/C10H7N3O/c11-5-7-3-4-13-9(6-12)10(7)14-8-1-2-8/h3-4,8H,1-2H2. The van der Waals surface area contributed by atoms with E-state index in [0.29, 0.717) is 11.3 Å². The lowest BCUT2D eigenvalue weighted by atomic mass is 10.2.